The van der Waals surface area contributed by atoms with E-state index < -0.39 is 0 Å². The molecule has 0 spiro atoms. The van der Waals surface area contributed by atoms with Crippen molar-refractivity contribution in [2.75, 3.05) is 5.32 Å². The van der Waals surface area contributed by atoms with Crippen LogP contribution in [0.3, 0.4) is 0 Å². The summed E-state index contributed by atoms with van der Waals surface area (Å²) in [6.45, 7) is 0. The maximum atomic E-state index is 9.49. The van der Waals surface area contributed by atoms with E-state index in [9.17, 15) is 5.26 Å². The number of pyridine rings is 1. The number of anilines is 2. The monoisotopic (exact) mass is 437 g/mol. The number of rotatable bonds is 3. The van der Waals surface area contributed by atoms with Gasteiger partial charge in [0.05, 0.1) is 21.8 Å². The minimum atomic E-state index is 0.467. The molecule has 0 unspecified atom stereocenters. The highest BCUT2D eigenvalue weighted by Crippen LogP contribution is 2.33. The highest BCUT2D eigenvalue weighted by atomic mass is 79.9. The van der Waals surface area contributed by atoms with Crippen LogP contribution in [0.2, 0.25) is 5.02 Å². The Morgan fingerprint density at radius 3 is 2.74 bits per heavy atom. The van der Waals surface area contributed by atoms with Crippen molar-refractivity contribution < 1.29 is 0 Å². The van der Waals surface area contributed by atoms with Gasteiger partial charge in [-0.25, -0.2) is 4.98 Å². The number of benzene rings is 2. The van der Waals surface area contributed by atoms with Crippen LogP contribution in [-0.4, -0.2) is 14.5 Å². The summed E-state index contributed by atoms with van der Waals surface area (Å²) in [5.41, 5.74) is 3.59. The van der Waals surface area contributed by atoms with Crippen LogP contribution in [0, 0.1) is 11.3 Å². The summed E-state index contributed by atoms with van der Waals surface area (Å²) >= 11 is 9.95. The molecule has 7 heteroatoms. The molecular formula is C20H13BrClN5. The van der Waals surface area contributed by atoms with Crippen LogP contribution in [0.4, 0.5) is 11.4 Å². The first-order valence-corrected chi connectivity index (χ1v) is 9.26. The average Bonchev–Trinajstić information content (AvgIpc) is 3.07. The lowest BCUT2D eigenvalue weighted by molar-refractivity contribution is 0.925. The molecule has 0 bridgehead atoms. The summed E-state index contributed by atoms with van der Waals surface area (Å²) in [6, 6.07) is 13.6. The summed E-state index contributed by atoms with van der Waals surface area (Å²) in [4.78, 5) is 8.70. The third-order valence-corrected chi connectivity index (χ3v) is 5.06. The lowest BCUT2D eigenvalue weighted by atomic mass is 10.1. The zero-order chi connectivity index (χ0) is 19.0. The van der Waals surface area contributed by atoms with Crippen molar-refractivity contribution in [1.29, 1.82) is 5.26 Å². The Morgan fingerprint density at radius 1 is 1.19 bits per heavy atom. The maximum absolute atomic E-state index is 9.49. The van der Waals surface area contributed by atoms with Gasteiger partial charge >= 0.3 is 0 Å². The minimum Gasteiger partial charge on any atom is -0.354 e. The predicted octanol–water partition coefficient (Wildman–Crippen LogP) is 5.67. The van der Waals surface area contributed by atoms with Gasteiger partial charge in [-0.3, -0.25) is 4.98 Å². The topological polar surface area (TPSA) is 66.5 Å². The van der Waals surface area contributed by atoms with E-state index in [-0.39, 0.29) is 0 Å². The first-order valence-electron chi connectivity index (χ1n) is 8.09. The van der Waals surface area contributed by atoms with Gasteiger partial charge in [0.2, 0.25) is 0 Å². The number of nitrogens with zero attached hydrogens (tertiary/aromatic N) is 4. The number of hydrogen-bond donors (Lipinski definition) is 1. The Balaban J connectivity index is 1.78. The maximum Gasteiger partial charge on any atom is 0.141 e. The molecule has 1 N–H and O–H groups in total. The van der Waals surface area contributed by atoms with Gasteiger partial charge in [-0.05, 0) is 36.4 Å². The van der Waals surface area contributed by atoms with Crippen LogP contribution in [0.15, 0.2) is 59.5 Å². The SMILES string of the molecule is Cn1ccnc1-c1ccc(Nc2c(C#N)cnc3cc(Br)ccc23)cc1Cl. The number of fused-ring (bicyclic) bond motifs is 1. The van der Waals surface area contributed by atoms with Gasteiger partial charge in [0, 0.05) is 46.7 Å². The number of aryl methyl sites for hydroxylation is 1. The highest BCUT2D eigenvalue weighted by Gasteiger charge is 2.12. The second kappa shape index (κ2) is 7.03. The summed E-state index contributed by atoms with van der Waals surface area (Å²) < 4.78 is 2.84. The number of imidazole rings is 1. The second-order valence-electron chi connectivity index (χ2n) is 6.00. The van der Waals surface area contributed by atoms with E-state index in [0.717, 1.165) is 32.5 Å². The minimum absolute atomic E-state index is 0.467. The molecule has 4 aromatic rings. The van der Waals surface area contributed by atoms with E-state index in [1.165, 1.54) is 0 Å². The Morgan fingerprint density at radius 2 is 2.04 bits per heavy atom. The zero-order valence-electron chi connectivity index (χ0n) is 14.2. The average molecular weight is 439 g/mol. The molecule has 132 valence electrons. The second-order valence-corrected chi connectivity index (χ2v) is 7.32. The van der Waals surface area contributed by atoms with Gasteiger partial charge in [-0.15, -0.1) is 0 Å². The van der Waals surface area contributed by atoms with Gasteiger partial charge in [0.1, 0.15) is 11.9 Å². The molecule has 0 aliphatic rings. The molecule has 2 heterocycles. The molecule has 0 amide bonds. The van der Waals surface area contributed by atoms with Gasteiger partial charge < -0.3 is 9.88 Å². The van der Waals surface area contributed by atoms with Crippen molar-refractivity contribution in [1.82, 2.24) is 14.5 Å². The summed E-state index contributed by atoms with van der Waals surface area (Å²) in [6.07, 6.45) is 5.18. The van der Waals surface area contributed by atoms with E-state index in [1.54, 1.807) is 12.4 Å². The van der Waals surface area contributed by atoms with Crippen LogP contribution in [0.5, 0.6) is 0 Å². The number of aromatic nitrogens is 3. The van der Waals surface area contributed by atoms with Crippen LogP contribution in [-0.2, 0) is 7.05 Å². The van der Waals surface area contributed by atoms with Crippen LogP contribution < -0.4 is 5.32 Å². The van der Waals surface area contributed by atoms with E-state index >= 15 is 0 Å². The first-order chi connectivity index (χ1) is 13.1. The van der Waals surface area contributed by atoms with E-state index in [1.807, 2.05) is 54.2 Å². The Bertz CT molecular complexity index is 1210. The molecule has 0 radical (unpaired) electrons. The van der Waals surface area contributed by atoms with Crippen molar-refractivity contribution in [2.45, 2.75) is 0 Å². The normalized spacial score (nSPS) is 10.7. The standard InChI is InChI=1S/C20H13BrClN5/c1-27-7-6-24-20(27)15-5-3-14(9-17(15)22)26-19-12(10-23)11-25-18-8-13(21)2-4-16(18)19/h2-9,11H,1H3,(H,25,26). The van der Waals surface area contributed by atoms with E-state index in [0.29, 0.717) is 16.3 Å². The highest BCUT2D eigenvalue weighted by molar-refractivity contribution is 9.10. The zero-order valence-corrected chi connectivity index (χ0v) is 16.6. The Kier molecular flexibility index (Phi) is 4.56. The van der Waals surface area contributed by atoms with Crippen molar-refractivity contribution in [3.05, 3.63) is 70.0 Å². The molecule has 27 heavy (non-hydrogen) atoms. The van der Waals surface area contributed by atoms with Gasteiger partial charge in [0.25, 0.3) is 0 Å². The van der Waals surface area contributed by atoms with Gasteiger partial charge in [-0.2, -0.15) is 5.26 Å². The Labute approximate surface area is 169 Å². The van der Waals surface area contributed by atoms with E-state index in [4.69, 9.17) is 11.6 Å². The quantitative estimate of drug-likeness (QED) is 0.448. The molecule has 0 fully saturated rings. The summed E-state index contributed by atoms with van der Waals surface area (Å²) in [5, 5.41) is 14.3. The number of nitriles is 1. The lowest BCUT2D eigenvalue weighted by Gasteiger charge is -2.13. The fourth-order valence-corrected chi connectivity index (χ4v) is 3.54. The van der Waals surface area contributed by atoms with Crippen LogP contribution >= 0.6 is 27.5 Å². The summed E-state index contributed by atoms with van der Waals surface area (Å²) in [5.74, 6) is 0.795. The largest absolute Gasteiger partial charge is 0.354 e. The number of halogens is 2. The molecule has 0 atom stereocenters. The fourth-order valence-electron chi connectivity index (χ4n) is 2.93. The van der Waals surface area contributed by atoms with Crippen molar-refractivity contribution in [2.24, 2.45) is 7.05 Å². The van der Waals surface area contributed by atoms with Crippen LogP contribution in [0.1, 0.15) is 5.56 Å². The Hall–Kier alpha value is -2.88. The molecule has 0 aliphatic heterocycles. The third kappa shape index (κ3) is 3.27. The predicted molar refractivity (Wildman–Crippen MR) is 111 cm³/mol. The van der Waals surface area contributed by atoms with Gasteiger partial charge in [-0.1, -0.05) is 27.5 Å². The van der Waals surface area contributed by atoms with Gasteiger partial charge in [0.15, 0.2) is 0 Å². The third-order valence-electron chi connectivity index (χ3n) is 4.25. The molecule has 0 saturated heterocycles. The van der Waals surface area contributed by atoms with Crippen molar-refractivity contribution in [3.8, 4) is 17.5 Å². The molecular weight excluding hydrogens is 426 g/mol. The molecule has 5 nitrogen and oxygen atoms in total. The van der Waals surface area contributed by atoms with Crippen molar-refractivity contribution >= 4 is 49.8 Å². The van der Waals surface area contributed by atoms with E-state index in [2.05, 4.69) is 37.3 Å². The fraction of sp³-hybridized carbons (Fsp3) is 0.0500. The molecule has 4 rings (SSSR count). The molecule has 0 aliphatic carbocycles. The first kappa shape index (κ1) is 17.5. The number of nitrogens with one attached hydrogen (secondary N) is 1. The molecule has 2 aromatic carbocycles. The smallest absolute Gasteiger partial charge is 0.141 e. The lowest BCUT2D eigenvalue weighted by Crippen LogP contribution is -1.98. The molecule has 2 aromatic heterocycles. The van der Waals surface area contributed by atoms with Crippen LogP contribution in [0.25, 0.3) is 22.3 Å². The molecule has 0 saturated carbocycles. The summed E-state index contributed by atoms with van der Waals surface area (Å²) in [7, 11) is 1.92. The number of hydrogen-bond acceptors (Lipinski definition) is 4. The van der Waals surface area contributed by atoms with Crippen molar-refractivity contribution in [3.63, 3.8) is 0 Å².